The number of nitrogens with one attached hydrogen (secondary N) is 1. The standard InChI is InChI=1S/C13H28N4O/c1-4-17(5-2)13(18)12-14-6-7-16-10-8-15(3)9-11-16/h14H,4-12H2,1-3H3. The first-order chi connectivity index (χ1) is 8.67. The van der Waals surface area contributed by atoms with Crippen molar-refractivity contribution in [2.45, 2.75) is 13.8 Å². The molecule has 106 valence electrons. The molecule has 18 heavy (non-hydrogen) atoms. The molecule has 0 saturated carbocycles. The second-order valence-electron chi connectivity index (χ2n) is 4.89. The summed E-state index contributed by atoms with van der Waals surface area (Å²) in [5.41, 5.74) is 0. The Morgan fingerprint density at radius 1 is 1.17 bits per heavy atom. The summed E-state index contributed by atoms with van der Waals surface area (Å²) in [6.07, 6.45) is 0. The van der Waals surface area contributed by atoms with Crippen molar-refractivity contribution in [3.05, 3.63) is 0 Å². The molecular formula is C13H28N4O. The Bertz CT molecular complexity index is 235. The van der Waals surface area contributed by atoms with E-state index in [4.69, 9.17) is 0 Å². The average molecular weight is 256 g/mol. The van der Waals surface area contributed by atoms with Crippen LogP contribution in [-0.4, -0.2) is 86.6 Å². The van der Waals surface area contributed by atoms with Crippen molar-refractivity contribution in [2.24, 2.45) is 0 Å². The molecule has 1 N–H and O–H groups in total. The van der Waals surface area contributed by atoms with E-state index in [1.807, 2.05) is 18.7 Å². The van der Waals surface area contributed by atoms with Crippen molar-refractivity contribution in [3.63, 3.8) is 0 Å². The maximum absolute atomic E-state index is 11.7. The minimum absolute atomic E-state index is 0.207. The van der Waals surface area contributed by atoms with E-state index in [9.17, 15) is 4.79 Å². The van der Waals surface area contributed by atoms with E-state index in [-0.39, 0.29) is 5.91 Å². The number of piperazine rings is 1. The van der Waals surface area contributed by atoms with Crippen LogP contribution >= 0.6 is 0 Å². The van der Waals surface area contributed by atoms with Gasteiger partial charge in [0.05, 0.1) is 6.54 Å². The number of amides is 1. The SMILES string of the molecule is CCN(CC)C(=O)CNCCN1CCN(C)CC1. The van der Waals surface area contributed by atoms with Crippen LogP contribution in [0.2, 0.25) is 0 Å². The van der Waals surface area contributed by atoms with Gasteiger partial charge in [-0.1, -0.05) is 0 Å². The molecule has 0 aliphatic carbocycles. The van der Waals surface area contributed by atoms with E-state index >= 15 is 0 Å². The van der Waals surface area contributed by atoms with Crippen molar-refractivity contribution in [1.29, 1.82) is 0 Å². The lowest BCUT2D eigenvalue weighted by Gasteiger charge is -2.32. The summed E-state index contributed by atoms with van der Waals surface area (Å²) < 4.78 is 0. The van der Waals surface area contributed by atoms with E-state index in [2.05, 4.69) is 22.2 Å². The number of hydrogen-bond acceptors (Lipinski definition) is 4. The first-order valence-corrected chi connectivity index (χ1v) is 7.06. The third-order valence-electron chi connectivity index (χ3n) is 3.59. The third-order valence-corrected chi connectivity index (χ3v) is 3.59. The summed E-state index contributed by atoms with van der Waals surface area (Å²) in [4.78, 5) is 18.4. The quantitative estimate of drug-likeness (QED) is 0.634. The second kappa shape index (κ2) is 8.45. The highest BCUT2D eigenvalue weighted by molar-refractivity contribution is 5.78. The fraction of sp³-hybridized carbons (Fsp3) is 0.923. The summed E-state index contributed by atoms with van der Waals surface area (Å²) in [7, 11) is 2.17. The highest BCUT2D eigenvalue weighted by Gasteiger charge is 2.13. The summed E-state index contributed by atoms with van der Waals surface area (Å²) >= 11 is 0. The molecule has 1 aliphatic rings. The highest BCUT2D eigenvalue weighted by atomic mass is 16.2. The lowest BCUT2D eigenvalue weighted by atomic mass is 10.3. The number of carbonyl (C=O) groups is 1. The molecule has 1 fully saturated rings. The van der Waals surface area contributed by atoms with Gasteiger partial charge in [0, 0.05) is 52.4 Å². The molecule has 0 aromatic heterocycles. The van der Waals surface area contributed by atoms with Gasteiger partial charge in [-0.05, 0) is 20.9 Å². The van der Waals surface area contributed by atoms with Crippen molar-refractivity contribution in [2.75, 3.05) is 66.0 Å². The van der Waals surface area contributed by atoms with Crippen LogP contribution in [0.1, 0.15) is 13.8 Å². The van der Waals surface area contributed by atoms with Gasteiger partial charge in [0.25, 0.3) is 0 Å². The van der Waals surface area contributed by atoms with E-state index in [1.54, 1.807) is 0 Å². The lowest BCUT2D eigenvalue weighted by Crippen LogP contribution is -2.47. The highest BCUT2D eigenvalue weighted by Crippen LogP contribution is 1.97. The van der Waals surface area contributed by atoms with Crippen molar-refractivity contribution >= 4 is 5.91 Å². The zero-order valence-corrected chi connectivity index (χ0v) is 12.1. The topological polar surface area (TPSA) is 38.8 Å². The molecule has 0 bridgehead atoms. The number of nitrogens with zero attached hydrogens (tertiary/aromatic N) is 3. The number of hydrogen-bond donors (Lipinski definition) is 1. The smallest absolute Gasteiger partial charge is 0.236 e. The molecule has 0 aromatic carbocycles. The maximum Gasteiger partial charge on any atom is 0.236 e. The van der Waals surface area contributed by atoms with Crippen LogP contribution in [0.15, 0.2) is 0 Å². The predicted molar refractivity (Wildman–Crippen MR) is 74.7 cm³/mol. The summed E-state index contributed by atoms with van der Waals surface area (Å²) in [5, 5.41) is 3.25. The molecule has 1 saturated heterocycles. The maximum atomic E-state index is 11.7. The van der Waals surface area contributed by atoms with Crippen LogP contribution in [0.25, 0.3) is 0 Å². The van der Waals surface area contributed by atoms with Gasteiger partial charge in [-0.2, -0.15) is 0 Å². The van der Waals surface area contributed by atoms with Gasteiger partial charge in [0.15, 0.2) is 0 Å². The van der Waals surface area contributed by atoms with Gasteiger partial charge >= 0.3 is 0 Å². The Balaban J connectivity index is 2.06. The van der Waals surface area contributed by atoms with Crippen molar-refractivity contribution in [1.82, 2.24) is 20.0 Å². The molecule has 1 heterocycles. The molecule has 5 heteroatoms. The van der Waals surface area contributed by atoms with Crippen LogP contribution in [0.3, 0.4) is 0 Å². The number of rotatable bonds is 7. The molecule has 1 rings (SSSR count). The van der Waals surface area contributed by atoms with Crippen molar-refractivity contribution in [3.8, 4) is 0 Å². The number of likely N-dealkylation sites (N-methyl/N-ethyl adjacent to an activating group) is 2. The fourth-order valence-electron chi connectivity index (χ4n) is 2.19. The molecule has 0 unspecified atom stereocenters. The van der Waals surface area contributed by atoms with Gasteiger partial charge in [0.1, 0.15) is 0 Å². The van der Waals surface area contributed by atoms with E-state index in [0.717, 1.165) is 52.4 Å². The molecule has 5 nitrogen and oxygen atoms in total. The molecule has 1 aliphatic heterocycles. The van der Waals surface area contributed by atoms with Gasteiger partial charge in [-0.15, -0.1) is 0 Å². The van der Waals surface area contributed by atoms with E-state index in [1.165, 1.54) is 0 Å². The normalized spacial score (nSPS) is 17.9. The Hall–Kier alpha value is -0.650. The fourth-order valence-corrected chi connectivity index (χ4v) is 2.19. The van der Waals surface area contributed by atoms with Crippen LogP contribution in [-0.2, 0) is 4.79 Å². The van der Waals surface area contributed by atoms with Gasteiger partial charge in [0.2, 0.25) is 5.91 Å². The minimum atomic E-state index is 0.207. The molecule has 1 amide bonds. The van der Waals surface area contributed by atoms with E-state index < -0.39 is 0 Å². The van der Waals surface area contributed by atoms with Crippen LogP contribution in [0, 0.1) is 0 Å². The minimum Gasteiger partial charge on any atom is -0.342 e. The molecule has 0 radical (unpaired) electrons. The Labute approximate surface area is 111 Å². The van der Waals surface area contributed by atoms with Gasteiger partial charge in [-0.25, -0.2) is 0 Å². The van der Waals surface area contributed by atoms with Gasteiger partial charge < -0.3 is 15.1 Å². The lowest BCUT2D eigenvalue weighted by molar-refractivity contribution is -0.129. The summed E-state index contributed by atoms with van der Waals surface area (Å²) in [6.45, 7) is 12.6. The number of carbonyl (C=O) groups excluding carboxylic acids is 1. The predicted octanol–water partition coefficient (Wildman–Crippen LogP) is -0.308. The van der Waals surface area contributed by atoms with E-state index in [0.29, 0.717) is 6.54 Å². The molecule has 0 aromatic rings. The zero-order chi connectivity index (χ0) is 13.4. The second-order valence-corrected chi connectivity index (χ2v) is 4.89. The van der Waals surface area contributed by atoms with Crippen LogP contribution in [0.5, 0.6) is 0 Å². The van der Waals surface area contributed by atoms with Crippen molar-refractivity contribution < 1.29 is 4.79 Å². The Kier molecular flexibility index (Phi) is 7.23. The third kappa shape index (κ3) is 5.33. The average Bonchev–Trinajstić information content (AvgIpc) is 2.38. The molecule has 0 spiro atoms. The van der Waals surface area contributed by atoms with Crippen LogP contribution < -0.4 is 5.32 Å². The summed E-state index contributed by atoms with van der Waals surface area (Å²) in [6, 6.07) is 0. The monoisotopic (exact) mass is 256 g/mol. The Morgan fingerprint density at radius 3 is 2.33 bits per heavy atom. The molecule has 0 atom stereocenters. The molecular weight excluding hydrogens is 228 g/mol. The Morgan fingerprint density at radius 2 is 1.78 bits per heavy atom. The van der Waals surface area contributed by atoms with Gasteiger partial charge in [-0.3, -0.25) is 9.69 Å². The van der Waals surface area contributed by atoms with Crippen LogP contribution in [0.4, 0.5) is 0 Å². The largest absolute Gasteiger partial charge is 0.342 e. The zero-order valence-electron chi connectivity index (χ0n) is 12.1. The summed E-state index contributed by atoms with van der Waals surface area (Å²) in [5.74, 6) is 0.207. The first-order valence-electron chi connectivity index (χ1n) is 7.06. The first kappa shape index (κ1) is 15.4.